The molecule has 9 amide bonds. The van der Waals surface area contributed by atoms with E-state index in [1.54, 1.807) is 142 Å². The Labute approximate surface area is 400 Å². The van der Waals surface area contributed by atoms with Crippen molar-refractivity contribution in [1.82, 2.24) is 0 Å². The van der Waals surface area contributed by atoms with Gasteiger partial charge in [-0.3, -0.25) is 15.4 Å². The molecule has 0 fully saturated rings. The Morgan fingerprint density at radius 1 is 0.391 bits per heavy atom. The lowest BCUT2D eigenvalue weighted by Crippen LogP contribution is -2.38. The standard InChI is InChI=1S/C52H55N9O8/c1-6-52(30-46(62)53-40-24-22-33(2)42(27-40)58-47(63)54-37-16-10-7-11-17-37,31-68-50(66)57-41-25-23-34(3)43(28-41)59-48(64)55-38-18-12-8-13-19-38)32-69-51(67)61-45-29-44(35(4)26-36(45)5)60-49(65)56-39-20-14-9-15-21-39/h7-29H,6,30-32H2,1-5H3,(H,53,62)(H,57,66)(H,61,67)(H2,54,58,63)(H2,55,59,64)(H2,56,60,65). The third-order valence-electron chi connectivity index (χ3n) is 11.0. The number of benzene rings is 6. The summed E-state index contributed by atoms with van der Waals surface area (Å²) in [6.07, 6.45) is -1.78. The van der Waals surface area contributed by atoms with Crippen molar-refractivity contribution in [3.8, 4) is 0 Å². The van der Waals surface area contributed by atoms with Gasteiger partial charge in [0.25, 0.3) is 0 Å². The van der Waals surface area contributed by atoms with Crippen LogP contribution in [0.4, 0.5) is 75.2 Å². The molecule has 0 aromatic heterocycles. The van der Waals surface area contributed by atoms with Crippen molar-refractivity contribution >= 4 is 87.4 Å². The molecule has 0 heterocycles. The molecule has 0 aliphatic heterocycles. The smallest absolute Gasteiger partial charge is 0.411 e. The minimum atomic E-state index is -1.25. The van der Waals surface area contributed by atoms with Crippen LogP contribution in [0.25, 0.3) is 0 Å². The Balaban J connectivity index is 1.14. The average Bonchev–Trinajstić information content (AvgIpc) is 3.32. The SMILES string of the molecule is CCC(COC(=O)Nc1ccc(C)c(NC(=O)Nc2ccccc2)c1)(COC(=O)Nc1cc(NC(=O)Nc2ccccc2)c(C)cc1C)CC(=O)Nc1ccc(C)c(NC(=O)Nc2ccccc2)c1. The van der Waals surface area contributed by atoms with Gasteiger partial charge < -0.3 is 46.7 Å². The van der Waals surface area contributed by atoms with Crippen LogP contribution in [0.5, 0.6) is 0 Å². The fourth-order valence-electron chi connectivity index (χ4n) is 6.96. The topological polar surface area (TPSA) is 229 Å². The van der Waals surface area contributed by atoms with Gasteiger partial charge in [-0.2, -0.15) is 0 Å². The Kier molecular flexibility index (Phi) is 16.9. The molecule has 69 heavy (non-hydrogen) atoms. The van der Waals surface area contributed by atoms with Crippen molar-refractivity contribution in [1.29, 1.82) is 0 Å². The average molecular weight is 934 g/mol. The van der Waals surface area contributed by atoms with Crippen molar-refractivity contribution in [3.05, 3.63) is 162 Å². The predicted octanol–water partition coefficient (Wildman–Crippen LogP) is 12.1. The lowest BCUT2D eigenvalue weighted by atomic mass is 9.83. The van der Waals surface area contributed by atoms with Crippen molar-refractivity contribution in [2.75, 3.05) is 61.1 Å². The molecule has 9 N–H and O–H groups in total. The number of nitrogens with one attached hydrogen (secondary N) is 9. The van der Waals surface area contributed by atoms with E-state index in [4.69, 9.17) is 9.47 Å². The largest absolute Gasteiger partial charge is 0.449 e. The van der Waals surface area contributed by atoms with Gasteiger partial charge in [0.05, 0.1) is 0 Å². The first-order valence-corrected chi connectivity index (χ1v) is 22.0. The summed E-state index contributed by atoms with van der Waals surface area (Å²) in [5.41, 5.74) is 5.86. The number of para-hydroxylation sites is 3. The van der Waals surface area contributed by atoms with E-state index in [9.17, 15) is 28.8 Å². The maximum Gasteiger partial charge on any atom is 0.411 e. The van der Waals surface area contributed by atoms with E-state index in [1.165, 1.54) is 0 Å². The first kappa shape index (κ1) is 49.6. The summed E-state index contributed by atoms with van der Waals surface area (Å²) in [5, 5.41) is 25.0. The number of anilines is 9. The number of hydrogen-bond acceptors (Lipinski definition) is 8. The van der Waals surface area contributed by atoms with Crippen molar-refractivity contribution < 1.29 is 38.2 Å². The van der Waals surface area contributed by atoms with Crippen LogP contribution in [0.3, 0.4) is 0 Å². The third-order valence-corrected chi connectivity index (χ3v) is 11.0. The van der Waals surface area contributed by atoms with Crippen molar-refractivity contribution in [2.45, 2.75) is 47.5 Å². The van der Waals surface area contributed by atoms with E-state index >= 15 is 0 Å². The molecule has 17 heteroatoms. The van der Waals surface area contributed by atoms with Gasteiger partial charge in [-0.05, 0) is 123 Å². The van der Waals surface area contributed by atoms with Crippen LogP contribution in [0.15, 0.2) is 140 Å². The monoisotopic (exact) mass is 933 g/mol. The fraction of sp³-hybridized carbons (Fsp3) is 0.192. The van der Waals surface area contributed by atoms with E-state index in [2.05, 4.69) is 47.9 Å². The van der Waals surface area contributed by atoms with Gasteiger partial charge in [-0.1, -0.05) is 79.7 Å². The maximum atomic E-state index is 13.9. The number of ether oxygens (including phenoxy) is 2. The number of carbonyl (C=O) groups is 6. The zero-order valence-electron chi connectivity index (χ0n) is 38.9. The Bertz CT molecular complexity index is 2790. The first-order valence-electron chi connectivity index (χ1n) is 22.0. The van der Waals surface area contributed by atoms with Crippen molar-refractivity contribution in [2.24, 2.45) is 5.41 Å². The van der Waals surface area contributed by atoms with E-state index in [0.29, 0.717) is 56.7 Å². The van der Waals surface area contributed by atoms with Gasteiger partial charge >= 0.3 is 30.3 Å². The molecule has 1 unspecified atom stereocenters. The summed E-state index contributed by atoms with van der Waals surface area (Å²) < 4.78 is 11.5. The molecular formula is C52H55N9O8. The fourth-order valence-corrected chi connectivity index (χ4v) is 6.96. The van der Waals surface area contributed by atoms with Crippen LogP contribution in [0.2, 0.25) is 0 Å². The molecule has 0 aliphatic rings. The zero-order chi connectivity index (χ0) is 49.3. The molecule has 0 spiro atoms. The van der Waals surface area contributed by atoms with Crippen LogP contribution in [-0.4, -0.2) is 49.4 Å². The number of hydrogen-bond donors (Lipinski definition) is 9. The normalized spacial score (nSPS) is 11.4. The highest BCUT2D eigenvalue weighted by atomic mass is 16.6. The molecule has 6 rings (SSSR count). The third kappa shape index (κ3) is 15.1. The molecule has 0 aliphatic carbocycles. The van der Waals surface area contributed by atoms with Gasteiger partial charge in [0.15, 0.2) is 0 Å². The second kappa shape index (κ2) is 23.5. The minimum Gasteiger partial charge on any atom is -0.449 e. The van der Waals surface area contributed by atoms with Crippen LogP contribution in [0, 0.1) is 33.1 Å². The molecule has 0 bridgehead atoms. The van der Waals surface area contributed by atoms with Gasteiger partial charge in [-0.15, -0.1) is 0 Å². The molecular weight excluding hydrogens is 879 g/mol. The van der Waals surface area contributed by atoms with Crippen molar-refractivity contribution in [3.63, 3.8) is 0 Å². The minimum absolute atomic E-state index is 0.213. The summed E-state index contributed by atoms with van der Waals surface area (Å²) in [6.45, 7) is 8.28. The second-order valence-corrected chi connectivity index (χ2v) is 16.4. The number of amides is 9. The maximum absolute atomic E-state index is 13.9. The Morgan fingerprint density at radius 3 is 1.19 bits per heavy atom. The van der Waals surface area contributed by atoms with Gasteiger partial charge in [0.2, 0.25) is 5.91 Å². The summed E-state index contributed by atoms with van der Waals surface area (Å²) in [7, 11) is 0. The van der Waals surface area contributed by atoms with Crippen LogP contribution >= 0.6 is 0 Å². The first-order chi connectivity index (χ1) is 33.1. The molecule has 6 aromatic rings. The number of aryl methyl sites for hydroxylation is 4. The number of urea groups is 3. The number of carbonyl (C=O) groups excluding carboxylic acids is 6. The Hall–Kier alpha value is -8.86. The lowest BCUT2D eigenvalue weighted by molar-refractivity contribution is -0.120. The van der Waals surface area contributed by atoms with E-state index in [-0.39, 0.29) is 26.1 Å². The van der Waals surface area contributed by atoms with Gasteiger partial charge in [0.1, 0.15) is 13.2 Å². The number of rotatable bonds is 16. The molecule has 0 saturated carbocycles. The van der Waals surface area contributed by atoms with E-state index in [1.807, 2.05) is 32.0 Å². The van der Waals surface area contributed by atoms with Crippen LogP contribution in [-0.2, 0) is 14.3 Å². The van der Waals surface area contributed by atoms with Gasteiger partial charge in [0, 0.05) is 63.0 Å². The predicted molar refractivity (Wildman–Crippen MR) is 271 cm³/mol. The van der Waals surface area contributed by atoms with E-state index < -0.39 is 41.6 Å². The highest BCUT2D eigenvalue weighted by Crippen LogP contribution is 2.31. The summed E-state index contributed by atoms with van der Waals surface area (Å²) in [4.78, 5) is 79.3. The molecule has 0 saturated heterocycles. The Morgan fingerprint density at radius 2 is 0.768 bits per heavy atom. The molecule has 356 valence electrons. The second-order valence-electron chi connectivity index (χ2n) is 16.4. The molecule has 1 atom stereocenters. The molecule has 6 aromatic carbocycles. The molecule has 17 nitrogen and oxygen atoms in total. The zero-order valence-corrected chi connectivity index (χ0v) is 38.9. The highest BCUT2D eigenvalue weighted by Gasteiger charge is 2.35. The molecule has 0 radical (unpaired) electrons. The van der Waals surface area contributed by atoms with E-state index in [0.717, 1.165) is 16.7 Å². The van der Waals surface area contributed by atoms with Crippen LogP contribution in [0.1, 0.15) is 42.0 Å². The summed E-state index contributed by atoms with van der Waals surface area (Å²) >= 11 is 0. The summed E-state index contributed by atoms with van der Waals surface area (Å²) in [6, 6.07) is 38.8. The van der Waals surface area contributed by atoms with Crippen LogP contribution < -0.4 is 47.9 Å². The quantitative estimate of drug-likeness (QED) is 0.0452. The highest BCUT2D eigenvalue weighted by molar-refractivity contribution is 6.03. The lowest BCUT2D eigenvalue weighted by Gasteiger charge is -2.31. The van der Waals surface area contributed by atoms with Gasteiger partial charge in [-0.25, -0.2) is 24.0 Å². The summed E-state index contributed by atoms with van der Waals surface area (Å²) in [5.74, 6) is -0.490.